The lowest BCUT2D eigenvalue weighted by Crippen LogP contribution is -1.87. The molecule has 2 aromatic heterocycles. The number of aryl methyl sites for hydroxylation is 1. The fraction of sp³-hybridized carbons (Fsp3) is 0.143. The van der Waals surface area contributed by atoms with E-state index in [1.807, 2.05) is 13.1 Å². The smallest absolute Gasteiger partial charge is 0.174 e. The van der Waals surface area contributed by atoms with E-state index in [1.165, 1.54) is 0 Å². The summed E-state index contributed by atoms with van der Waals surface area (Å²) >= 11 is 9.24. The molecule has 0 aliphatic rings. The Bertz CT molecular complexity index is 437. The molecule has 0 saturated carbocycles. The van der Waals surface area contributed by atoms with Gasteiger partial charge >= 0.3 is 0 Å². The predicted octanol–water partition coefficient (Wildman–Crippen LogP) is 2.45. The van der Waals surface area contributed by atoms with E-state index >= 15 is 0 Å². The number of pyridine rings is 1. The van der Waals surface area contributed by atoms with Gasteiger partial charge in [0.25, 0.3) is 0 Å². The van der Waals surface area contributed by atoms with Crippen LogP contribution in [0.2, 0.25) is 5.02 Å². The van der Waals surface area contributed by atoms with Gasteiger partial charge in [0.15, 0.2) is 5.65 Å². The first-order valence-corrected chi connectivity index (χ1v) is 4.52. The average molecular weight is 246 g/mol. The van der Waals surface area contributed by atoms with Gasteiger partial charge in [-0.05, 0) is 28.9 Å². The molecule has 5 heteroatoms. The summed E-state index contributed by atoms with van der Waals surface area (Å²) in [5, 5.41) is 4.73. The van der Waals surface area contributed by atoms with Crippen LogP contribution < -0.4 is 0 Å². The molecule has 0 aromatic carbocycles. The van der Waals surface area contributed by atoms with Crippen molar-refractivity contribution in [3.63, 3.8) is 0 Å². The Labute approximate surface area is 82.5 Å². The maximum absolute atomic E-state index is 5.92. The highest BCUT2D eigenvalue weighted by Gasteiger charge is 2.04. The lowest BCUT2D eigenvalue weighted by atomic mass is 10.5. The van der Waals surface area contributed by atoms with Crippen LogP contribution in [0.25, 0.3) is 5.65 Å². The topological polar surface area (TPSA) is 30.2 Å². The van der Waals surface area contributed by atoms with E-state index in [-0.39, 0.29) is 0 Å². The number of halogens is 2. The van der Waals surface area contributed by atoms with Crippen molar-refractivity contribution in [3.05, 3.63) is 27.6 Å². The van der Waals surface area contributed by atoms with Gasteiger partial charge in [-0.2, -0.15) is 5.10 Å². The minimum absolute atomic E-state index is 0.602. The third-order valence-electron chi connectivity index (χ3n) is 1.46. The third-order valence-corrected chi connectivity index (χ3v) is 2.17. The molecular weight excluding hydrogens is 241 g/mol. The van der Waals surface area contributed by atoms with Gasteiger partial charge in [-0.1, -0.05) is 11.6 Å². The van der Waals surface area contributed by atoms with Crippen LogP contribution in [0, 0.1) is 6.92 Å². The summed E-state index contributed by atoms with van der Waals surface area (Å²) in [5.41, 5.74) is 0.692. The van der Waals surface area contributed by atoms with Crippen LogP contribution in [-0.2, 0) is 0 Å². The molecule has 0 aliphatic heterocycles. The van der Waals surface area contributed by atoms with Crippen molar-refractivity contribution in [2.75, 3.05) is 0 Å². The SMILES string of the molecule is Cc1nc2c(Cl)cc(Br)cn2n1. The Kier molecular flexibility index (Phi) is 1.81. The Morgan fingerprint density at radius 1 is 1.58 bits per heavy atom. The molecule has 0 bridgehead atoms. The molecule has 0 spiro atoms. The molecule has 12 heavy (non-hydrogen) atoms. The summed E-state index contributed by atoms with van der Waals surface area (Å²) in [6.45, 7) is 1.83. The molecule has 0 aliphatic carbocycles. The normalized spacial score (nSPS) is 10.9. The molecule has 0 unspecified atom stereocenters. The molecule has 2 rings (SSSR count). The summed E-state index contributed by atoms with van der Waals surface area (Å²) in [6, 6.07) is 1.80. The fourth-order valence-electron chi connectivity index (χ4n) is 1.02. The van der Waals surface area contributed by atoms with Gasteiger partial charge < -0.3 is 0 Å². The lowest BCUT2D eigenvalue weighted by molar-refractivity contribution is 0.927. The summed E-state index contributed by atoms with van der Waals surface area (Å²) < 4.78 is 2.55. The summed E-state index contributed by atoms with van der Waals surface area (Å²) in [5.74, 6) is 0.718. The number of rotatable bonds is 0. The molecule has 0 radical (unpaired) electrons. The molecule has 0 fully saturated rings. The van der Waals surface area contributed by atoms with Gasteiger partial charge in [-0.15, -0.1) is 0 Å². The van der Waals surface area contributed by atoms with Gasteiger partial charge in [-0.25, -0.2) is 9.50 Å². The number of nitrogens with zero attached hydrogens (tertiary/aromatic N) is 3. The molecule has 0 saturated heterocycles. The first-order chi connectivity index (χ1) is 5.66. The van der Waals surface area contributed by atoms with Crippen molar-refractivity contribution < 1.29 is 0 Å². The van der Waals surface area contributed by atoms with Crippen LogP contribution in [0.1, 0.15) is 5.82 Å². The van der Waals surface area contributed by atoms with E-state index in [0.717, 1.165) is 10.3 Å². The van der Waals surface area contributed by atoms with Gasteiger partial charge in [-0.3, -0.25) is 0 Å². The first kappa shape index (κ1) is 8.01. The van der Waals surface area contributed by atoms with Crippen LogP contribution in [0.5, 0.6) is 0 Å². The fourth-order valence-corrected chi connectivity index (χ4v) is 1.82. The van der Waals surface area contributed by atoms with Crippen LogP contribution in [0.15, 0.2) is 16.7 Å². The van der Waals surface area contributed by atoms with Crippen molar-refractivity contribution in [3.8, 4) is 0 Å². The van der Waals surface area contributed by atoms with Crippen LogP contribution in [0.4, 0.5) is 0 Å². The number of aromatic nitrogens is 3. The highest BCUT2D eigenvalue weighted by Crippen LogP contribution is 2.20. The molecule has 3 nitrogen and oxygen atoms in total. The Morgan fingerprint density at radius 2 is 2.33 bits per heavy atom. The second kappa shape index (κ2) is 2.71. The van der Waals surface area contributed by atoms with Crippen molar-refractivity contribution >= 4 is 33.2 Å². The lowest BCUT2D eigenvalue weighted by Gasteiger charge is -1.94. The minimum atomic E-state index is 0.602. The summed E-state index contributed by atoms with van der Waals surface area (Å²) in [7, 11) is 0. The molecular formula is C7H5BrClN3. The van der Waals surface area contributed by atoms with Gasteiger partial charge in [0.05, 0.1) is 5.02 Å². The molecule has 2 heterocycles. The second-order valence-electron chi connectivity index (χ2n) is 2.43. The Hall–Kier alpha value is -0.610. The Morgan fingerprint density at radius 3 is 3.08 bits per heavy atom. The van der Waals surface area contributed by atoms with E-state index in [2.05, 4.69) is 26.0 Å². The molecule has 62 valence electrons. The summed E-state index contributed by atoms with van der Waals surface area (Å²) in [4.78, 5) is 4.15. The molecule has 2 aromatic rings. The van der Waals surface area contributed by atoms with Crippen LogP contribution in [-0.4, -0.2) is 14.6 Å². The van der Waals surface area contributed by atoms with Crippen molar-refractivity contribution in [1.82, 2.24) is 14.6 Å². The highest BCUT2D eigenvalue weighted by molar-refractivity contribution is 9.10. The van der Waals surface area contributed by atoms with E-state index in [4.69, 9.17) is 11.6 Å². The maximum Gasteiger partial charge on any atom is 0.174 e. The first-order valence-electron chi connectivity index (χ1n) is 3.35. The maximum atomic E-state index is 5.92. The van der Waals surface area contributed by atoms with E-state index in [0.29, 0.717) is 10.7 Å². The van der Waals surface area contributed by atoms with E-state index in [9.17, 15) is 0 Å². The van der Waals surface area contributed by atoms with Gasteiger partial charge in [0.2, 0.25) is 0 Å². The minimum Gasteiger partial charge on any atom is -0.218 e. The van der Waals surface area contributed by atoms with Gasteiger partial charge in [0.1, 0.15) is 5.82 Å². The molecule has 0 atom stereocenters. The number of fused-ring (bicyclic) bond motifs is 1. The third kappa shape index (κ3) is 1.21. The van der Waals surface area contributed by atoms with Crippen molar-refractivity contribution in [2.24, 2.45) is 0 Å². The molecule has 0 N–H and O–H groups in total. The van der Waals surface area contributed by atoms with E-state index in [1.54, 1.807) is 10.6 Å². The number of hydrogen-bond donors (Lipinski definition) is 0. The van der Waals surface area contributed by atoms with Crippen LogP contribution in [0.3, 0.4) is 0 Å². The van der Waals surface area contributed by atoms with E-state index < -0.39 is 0 Å². The van der Waals surface area contributed by atoms with Crippen molar-refractivity contribution in [2.45, 2.75) is 6.92 Å². The van der Waals surface area contributed by atoms with Crippen LogP contribution >= 0.6 is 27.5 Å². The zero-order chi connectivity index (χ0) is 8.72. The molecule has 0 amide bonds. The number of hydrogen-bond acceptors (Lipinski definition) is 2. The van der Waals surface area contributed by atoms with Gasteiger partial charge in [0, 0.05) is 10.7 Å². The standard InChI is InChI=1S/C7H5BrClN3/c1-4-10-7-6(9)2-5(8)3-12(7)11-4/h2-3H,1H3. The predicted molar refractivity (Wildman–Crippen MR) is 50.4 cm³/mol. The monoisotopic (exact) mass is 245 g/mol. The quantitative estimate of drug-likeness (QED) is 0.715. The van der Waals surface area contributed by atoms with Crippen molar-refractivity contribution in [1.29, 1.82) is 0 Å². The second-order valence-corrected chi connectivity index (χ2v) is 3.76. The summed E-state index contributed by atoms with van der Waals surface area (Å²) in [6.07, 6.45) is 1.82. The average Bonchev–Trinajstić information content (AvgIpc) is 2.29. The highest BCUT2D eigenvalue weighted by atomic mass is 79.9. The zero-order valence-corrected chi connectivity index (χ0v) is 8.59. The Balaban J connectivity index is 2.88. The largest absolute Gasteiger partial charge is 0.218 e. The zero-order valence-electron chi connectivity index (χ0n) is 6.25.